The standard InChI is InChI=1S/C14H18N4O2/c1-18-13(12(15)8-16-18)14(20)17-11(9-19)7-10-5-3-2-4-6-10/h2-6,8,11,19H,7,9,15H2,1H3,(H,17,20)/t11-/m1/s1. The highest BCUT2D eigenvalue weighted by atomic mass is 16.3. The summed E-state index contributed by atoms with van der Waals surface area (Å²) >= 11 is 0. The third-order valence-electron chi connectivity index (χ3n) is 3.06. The molecule has 0 radical (unpaired) electrons. The van der Waals surface area contributed by atoms with Gasteiger partial charge in [0, 0.05) is 7.05 Å². The van der Waals surface area contributed by atoms with E-state index in [-0.39, 0.29) is 18.6 Å². The maximum atomic E-state index is 12.1. The summed E-state index contributed by atoms with van der Waals surface area (Å²) in [5.74, 6) is -0.336. The number of carbonyl (C=O) groups excluding carboxylic acids is 1. The van der Waals surface area contributed by atoms with Crippen molar-refractivity contribution in [3.05, 3.63) is 47.8 Å². The average molecular weight is 274 g/mol. The van der Waals surface area contributed by atoms with Crippen molar-refractivity contribution >= 4 is 11.6 Å². The van der Waals surface area contributed by atoms with E-state index < -0.39 is 0 Å². The highest BCUT2D eigenvalue weighted by molar-refractivity contribution is 5.97. The van der Waals surface area contributed by atoms with Crippen LogP contribution in [0.3, 0.4) is 0 Å². The Hall–Kier alpha value is -2.34. The fraction of sp³-hybridized carbons (Fsp3) is 0.286. The molecule has 1 atom stereocenters. The molecule has 0 fully saturated rings. The number of nitrogens with two attached hydrogens (primary N) is 1. The minimum absolute atomic E-state index is 0.140. The number of aryl methyl sites for hydroxylation is 1. The van der Waals surface area contributed by atoms with Crippen molar-refractivity contribution < 1.29 is 9.90 Å². The molecular formula is C14H18N4O2. The third-order valence-corrected chi connectivity index (χ3v) is 3.06. The van der Waals surface area contributed by atoms with Gasteiger partial charge >= 0.3 is 0 Å². The van der Waals surface area contributed by atoms with Crippen LogP contribution in [0.5, 0.6) is 0 Å². The first-order valence-electron chi connectivity index (χ1n) is 6.35. The smallest absolute Gasteiger partial charge is 0.271 e. The van der Waals surface area contributed by atoms with Crippen LogP contribution in [0.1, 0.15) is 16.1 Å². The summed E-state index contributed by atoms with van der Waals surface area (Å²) in [5.41, 5.74) is 7.37. The molecule has 20 heavy (non-hydrogen) atoms. The number of aliphatic hydroxyl groups is 1. The molecule has 0 bridgehead atoms. The SMILES string of the molecule is Cn1ncc(N)c1C(=O)N[C@@H](CO)Cc1ccccc1. The van der Waals surface area contributed by atoms with Gasteiger partial charge in [0.05, 0.1) is 24.5 Å². The molecule has 6 heteroatoms. The number of benzene rings is 1. The van der Waals surface area contributed by atoms with Crippen molar-refractivity contribution in [2.75, 3.05) is 12.3 Å². The van der Waals surface area contributed by atoms with Crippen molar-refractivity contribution in [3.8, 4) is 0 Å². The number of aliphatic hydroxyl groups excluding tert-OH is 1. The number of nitrogen functional groups attached to an aromatic ring is 1. The number of carbonyl (C=O) groups is 1. The lowest BCUT2D eigenvalue weighted by atomic mass is 10.1. The van der Waals surface area contributed by atoms with Crippen LogP contribution in [0.2, 0.25) is 0 Å². The van der Waals surface area contributed by atoms with E-state index in [0.717, 1.165) is 5.56 Å². The lowest BCUT2D eigenvalue weighted by molar-refractivity contribution is 0.0908. The molecule has 106 valence electrons. The number of aromatic nitrogens is 2. The van der Waals surface area contributed by atoms with Gasteiger partial charge in [0.25, 0.3) is 5.91 Å². The molecule has 2 aromatic rings. The van der Waals surface area contributed by atoms with Crippen LogP contribution < -0.4 is 11.1 Å². The van der Waals surface area contributed by atoms with Gasteiger partial charge in [-0.3, -0.25) is 9.48 Å². The number of anilines is 1. The minimum Gasteiger partial charge on any atom is -0.396 e. The predicted molar refractivity (Wildman–Crippen MR) is 76.1 cm³/mol. The van der Waals surface area contributed by atoms with Crippen LogP contribution in [-0.4, -0.2) is 33.4 Å². The van der Waals surface area contributed by atoms with E-state index >= 15 is 0 Å². The van der Waals surface area contributed by atoms with E-state index in [2.05, 4.69) is 10.4 Å². The van der Waals surface area contributed by atoms with E-state index in [1.165, 1.54) is 10.9 Å². The van der Waals surface area contributed by atoms with Crippen LogP contribution in [0.15, 0.2) is 36.5 Å². The van der Waals surface area contributed by atoms with Crippen molar-refractivity contribution in [1.29, 1.82) is 0 Å². The molecule has 0 aliphatic rings. The first-order valence-corrected chi connectivity index (χ1v) is 6.35. The number of hydrogen-bond acceptors (Lipinski definition) is 4. The third kappa shape index (κ3) is 3.16. The number of amides is 1. The zero-order chi connectivity index (χ0) is 14.5. The number of hydrogen-bond donors (Lipinski definition) is 3. The minimum atomic E-state index is -0.362. The van der Waals surface area contributed by atoms with Crippen molar-refractivity contribution in [2.24, 2.45) is 7.05 Å². The molecule has 0 spiro atoms. The molecule has 0 saturated carbocycles. The first-order chi connectivity index (χ1) is 9.61. The second-order valence-corrected chi connectivity index (χ2v) is 4.61. The maximum Gasteiger partial charge on any atom is 0.271 e. The Labute approximate surface area is 117 Å². The Bertz CT molecular complexity index is 561. The summed E-state index contributed by atoms with van der Waals surface area (Å²) in [6.07, 6.45) is 1.99. The Morgan fingerprint density at radius 1 is 1.45 bits per heavy atom. The monoisotopic (exact) mass is 274 g/mol. The molecule has 1 heterocycles. The van der Waals surface area contributed by atoms with Gasteiger partial charge in [-0.2, -0.15) is 5.10 Å². The van der Waals surface area contributed by atoms with Crippen LogP contribution in [-0.2, 0) is 13.5 Å². The quantitative estimate of drug-likeness (QED) is 0.732. The van der Waals surface area contributed by atoms with Gasteiger partial charge in [0.15, 0.2) is 0 Å². The van der Waals surface area contributed by atoms with E-state index in [9.17, 15) is 9.90 Å². The molecule has 1 aromatic heterocycles. The van der Waals surface area contributed by atoms with Crippen LogP contribution in [0.25, 0.3) is 0 Å². The number of rotatable bonds is 5. The summed E-state index contributed by atoms with van der Waals surface area (Å²) in [7, 11) is 1.65. The average Bonchev–Trinajstić information content (AvgIpc) is 2.78. The van der Waals surface area contributed by atoms with Gasteiger partial charge in [-0.1, -0.05) is 30.3 Å². The molecule has 0 saturated heterocycles. The van der Waals surface area contributed by atoms with Gasteiger partial charge < -0.3 is 16.2 Å². The van der Waals surface area contributed by atoms with E-state index in [4.69, 9.17) is 5.73 Å². The summed E-state index contributed by atoms with van der Waals surface area (Å²) in [6, 6.07) is 9.31. The molecule has 2 rings (SSSR count). The Morgan fingerprint density at radius 2 is 2.15 bits per heavy atom. The van der Waals surface area contributed by atoms with Crippen LogP contribution in [0.4, 0.5) is 5.69 Å². The summed E-state index contributed by atoms with van der Waals surface area (Å²) in [4.78, 5) is 12.1. The largest absolute Gasteiger partial charge is 0.396 e. The predicted octanol–water partition coefficient (Wildman–Crippen LogP) is 0.336. The topological polar surface area (TPSA) is 93.2 Å². The number of nitrogens with one attached hydrogen (secondary N) is 1. The Kier molecular flexibility index (Phi) is 4.37. The molecule has 4 N–H and O–H groups in total. The first kappa shape index (κ1) is 14.1. The second-order valence-electron chi connectivity index (χ2n) is 4.61. The van der Waals surface area contributed by atoms with E-state index in [1.54, 1.807) is 7.05 Å². The highest BCUT2D eigenvalue weighted by Crippen LogP contribution is 2.10. The number of nitrogens with zero attached hydrogens (tertiary/aromatic N) is 2. The van der Waals surface area contributed by atoms with Gasteiger partial charge in [0.1, 0.15) is 5.69 Å². The van der Waals surface area contributed by atoms with Crippen molar-refractivity contribution in [2.45, 2.75) is 12.5 Å². The fourth-order valence-corrected chi connectivity index (χ4v) is 2.05. The molecule has 6 nitrogen and oxygen atoms in total. The summed E-state index contributed by atoms with van der Waals surface area (Å²) in [5, 5.41) is 16.1. The zero-order valence-corrected chi connectivity index (χ0v) is 11.3. The van der Waals surface area contributed by atoms with E-state index in [1.807, 2.05) is 30.3 Å². The summed E-state index contributed by atoms with van der Waals surface area (Å²) < 4.78 is 1.42. The lowest BCUT2D eigenvalue weighted by Crippen LogP contribution is -2.40. The second kappa shape index (κ2) is 6.21. The van der Waals surface area contributed by atoms with Gasteiger partial charge in [-0.05, 0) is 12.0 Å². The van der Waals surface area contributed by atoms with Crippen molar-refractivity contribution in [3.63, 3.8) is 0 Å². The van der Waals surface area contributed by atoms with Gasteiger partial charge in [0.2, 0.25) is 0 Å². The molecular weight excluding hydrogens is 256 g/mol. The van der Waals surface area contributed by atoms with Crippen molar-refractivity contribution in [1.82, 2.24) is 15.1 Å². The zero-order valence-electron chi connectivity index (χ0n) is 11.3. The molecule has 0 unspecified atom stereocenters. The van der Waals surface area contributed by atoms with Crippen LogP contribution in [0, 0.1) is 0 Å². The Morgan fingerprint density at radius 3 is 2.70 bits per heavy atom. The molecule has 1 aromatic carbocycles. The maximum absolute atomic E-state index is 12.1. The summed E-state index contributed by atoms with van der Waals surface area (Å²) in [6.45, 7) is -0.140. The highest BCUT2D eigenvalue weighted by Gasteiger charge is 2.18. The fourth-order valence-electron chi connectivity index (χ4n) is 2.05. The normalized spacial score (nSPS) is 12.1. The molecule has 1 amide bonds. The Balaban J connectivity index is 2.05. The van der Waals surface area contributed by atoms with E-state index in [0.29, 0.717) is 17.8 Å². The van der Waals surface area contributed by atoms with Crippen LogP contribution >= 0.6 is 0 Å². The molecule has 0 aliphatic heterocycles. The lowest BCUT2D eigenvalue weighted by Gasteiger charge is -2.16. The molecule has 0 aliphatic carbocycles. The van der Waals surface area contributed by atoms with Gasteiger partial charge in [-0.15, -0.1) is 0 Å². The van der Waals surface area contributed by atoms with Gasteiger partial charge in [-0.25, -0.2) is 0 Å².